The van der Waals surface area contributed by atoms with Crippen molar-refractivity contribution in [1.29, 1.82) is 10.5 Å². The van der Waals surface area contributed by atoms with Crippen LogP contribution in [-0.4, -0.2) is 14.5 Å². The van der Waals surface area contributed by atoms with Crippen molar-refractivity contribution >= 4 is 28.1 Å². The molecule has 0 spiro atoms. The highest BCUT2D eigenvalue weighted by Crippen LogP contribution is 2.34. The fourth-order valence-corrected chi connectivity index (χ4v) is 5.49. The van der Waals surface area contributed by atoms with Gasteiger partial charge in [0.25, 0.3) is 0 Å². The summed E-state index contributed by atoms with van der Waals surface area (Å²) in [6.45, 7) is 6.26. The Balaban J connectivity index is 1.53. The zero-order valence-electron chi connectivity index (χ0n) is 26.7. The minimum atomic E-state index is 0.537. The smallest absolute Gasteiger partial charge is 0.0992 e. The van der Waals surface area contributed by atoms with Crippen LogP contribution < -0.4 is 11.5 Å². The molecule has 0 bridgehead atoms. The molecule has 0 unspecified atom stereocenters. The van der Waals surface area contributed by atoms with Gasteiger partial charge in [-0.2, -0.15) is 10.5 Å². The number of rotatable bonds is 11. The molecule has 5 aromatic rings. The normalized spacial score (nSPS) is 12.4. The van der Waals surface area contributed by atoms with Gasteiger partial charge in [0, 0.05) is 40.8 Å². The van der Waals surface area contributed by atoms with Crippen molar-refractivity contribution in [2.45, 2.75) is 19.8 Å². The van der Waals surface area contributed by atoms with Crippen molar-refractivity contribution in [3.8, 4) is 29.2 Å². The summed E-state index contributed by atoms with van der Waals surface area (Å²) in [7, 11) is 0. The van der Waals surface area contributed by atoms with E-state index in [4.69, 9.17) is 11.5 Å². The largest absolute Gasteiger partial charge is 0.405 e. The summed E-state index contributed by atoms with van der Waals surface area (Å²) in [5, 5.41) is 19.6. The highest BCUT2D eigenvalue weighted by molar-refractivity contribution is 5.96. The molecule has 0 saturated carbocycles. The van der Waals surface area contributed by atoms with E-state index in [0.717, 1.165) is 56.5 Å². The van der Waals surface area contributed by atoms with E-state index in [-0.39, 0.29) is 0 Å². The fraction of sp³-hybridized carbons (Fsp3) is 0.0732. The second kappa shape index (κ2) is 15.5. The molecule has 2 aromatic carbocycles. The molecule has 7 nitrogen and oxygen atoms in total. The number of fused-ring (bicyclic) bond motifs is 1. The van der Waals surface area contributed by atoms with Gasteiger partial charge in [-0.05, 0) is 96.8 Å². The molecule has 48 heavy (non-hydrogen) atoms. The summed E-state index contributed by atoms with van der Waals surface area (Å²) in [5.41, 5.74) is 21.9. The summed E-state index contributed by atoms with van der Waals surface area (Å²) in [6, 6.07) is 28.3. The van der Waals surface area contributed by atoms with Crippen LogP contribution in [0.4, 0.5) is 0 Å². The molecule has 3 aromatic heterocycles. The first-order valence-electron chi connectivity index (χ1n) is 15.5. The number of nitriles is 2. The van der Waals surface area contributed by atoms with Crippen molar-refractivity contribution in [2.24, 2.45) is 11.5 Å². The second-order valence-corrected chi connectivity index (χ2v) is 10.9. The first-order valence-corrected chi connectivity index (χ1v) is 15.5. The van der Waals surface area contributed by atoms with Crippen LogP contribution in [0.25, 0.3) is 45.2 Å². The van der Waals surface area contributed by atoms with Gasteiger partial charge in [0.1, 0.15) is 0 Å². The van der Waals surface area contributed by atoms with Gasteiger partial charge >= 0.3 is 0 Å². The molecule has 3 heterocycles. The van der Waals surface area contributed by atoms with Crippen LogP contribution in [0.3, 0.4) is 0 Å². The number of allylic oxidation sites excluding steroid dienone is 8. The molecule has 0 amide bonds. The molecule has 4 N–H and O–H groups in total. The average Bonchev–Trinajstić information content (AvgIpc) is 3.41. The number of aromatic nitrogens is 3. The first kappa shape index (κ1) is 32.7. The number of aryl methyl sites for hydroxylation is 1. The van der Waals surface area contributed by atoms with E-state index in [1.807, 2.05) is 54.8 Å². The highest BCUT2D eigenvalue weighted by atomic mass is 15.0. The third-order valence-corrected chi connectivity index (χ3v) is 7.96. The van der Waals surface area contributed by atoms with Crippen molar-refractivity contribution in [1.82, 2.24) is 14.5 Å². The van der Waals surface area contributed by atoms with Gasteiger partial charge in [-0.1, -0.05) is 67.3 Å². The monoisotopic (exact) mass is 625 g/mol. The maximum absolute atomic E-state index is 9.28. The molecular weight excluding hydrogens is 591 g/mol. The Morgan fingerprint density at radius 3 is 2.40 bits per heavy atom. The van der Waals surface area contributed by atoms with E-state index < -0.39 is 0 Å². The van der Waals surface area contributed by atoms with Crippen LogP contribution in [0.15, 0.2) is 140 Å². The van der Waals surface area contributed by atoms with Crippen molar-refractivity contribution in [3.05, 3.63) is 168 Å². The number of pyridine rings is 2. The standard InChI is InChI=1S/C41H35N7/c1-3-32(35-15-17-38(47-28-35)39-22-31(26-44)19-21-46-39)23-40-29(2)37-16-14-33(24-41(37)48(40)36-12-8-5-9-13-36)34(27-45)11-7-4-6-10-30(25-43)18-20-42/h3,5,7-24,27-28H,1,4,6,42,45H2,2H3/b11-7-,20-18-,30-10+,32-23+,34-27+. The lowest BCUT2D eigenvalue weighted by Crippen LogP contribution is -1.98. The summed E-state index contributed by atoms with van der Waals surface area (Å²) in [4.78, 5) is 9.04. The van der Waals surface area contributed by atoms with E-state index >= 15 is 0 Å². The van der Waals surface area contributed by atoms with Gasteiger partial charge in [0.05, 0.1) is 40.3 Å². The highest BCUT2D eigenvalue weighted by Gasteiger charge is 2.16. The number of para-hydroxylation sites is 1. The fourth-order valence-electron chi connectivity index (χ4n) is 5.49. The number of nitrogens with two attached hydrogens (primary N) is 2. The predicted octanol–water partition coefficient (Wildman–Crippen LogP) is 8.55. The Labute approximate surface area is 281 Å². The summed E-state index contributed by atoms with van der Waals surface area (Å²) in [6.07, 6.45) is 19.4. The van der Waals surface area contributed by atoms with E-state index in [1.54, 1.807) is 30.6 Å². The van der Waals surface area contributed by atoms with Crippen molar-refractivity contribution in [3.63, 3.8) is 0 Å². The summed E-state index contributed by atoms with van der Waals surface area (Å²) >= 11 is 0. The quantitative estimate of drug-likeness (QED) is 0.0859. The maximum Gasteiger partial charge on any atom is 0.0992 e. The van der Waals surface area contributed by atoms with Crippen LogP contribution in [0.1, 0.15) is 40.8 Å². The number of unbranched alkanes of at least 4 members (excludes halogenated alkanes) is 1. The van der Waals surface area contributed by atoms with Crippen LogP contribution in [0.5, 0.6) is 0 Å². The summed E-state index contributed by atoms with van der Waals surface area (Å²) < 4.78 is 2.26. The molecule has 7 heteroatoms. The van der Waals surface area contributed by atoms with E-state index in [9.17, 15) is 10.5 Å². The zero-order chi connectivity index (χ0) is 33.9. The molecule has 0 atom stereocenters. The van der Waals surface area contributed by atoms with Gasteiger partial charge in [0.15, 0.2) is 0 Å². The molecule has 234 valence electrons. The van der Waals surface area contributed by atoms with Crippen LogP contribution >= 0.6 is 0 Å². The number of hydrogen-bond donors (Lipinski definition) is 2. The topological polar surface area (TPSA) is 130 Å². The van der Waals surface area contributed by atoms with Gasteiger partial charge in [-0.3, -0.25) is 9.97 Å². The van der Waals surface area contributed by atoms with Crippen LogP contribution in [-0.2, 0) is 0 Å². The average molecular weight is 626 g/mol. The predicted molar refractivity (Wildman–Crippen MR) is 196 cm³/mol. The van der Waals surface area contributed by atoms with Gasteiger partial charge in [-0.25, -0.2) is 0 Å². The van der Waals surface area contributed by atoms with E-state index in [2.05, 4.69) is 82.7 Å². The number of nitrogens with zero attached hydrogens (tertiary/aromatic N) is 5. The van der Waals surface area contributed by atoms with Crippen LogP contribution in [0, 0.1) is 29.6 Å². The SMILES string of the molecule is C=C/C(=C\c1c(C)c2ccc(C(/C=C\CC/C=C(C#N)\C=C/N)=C/N)cc2n1-c1ccccc1)c1ccc(-c2cc(C#N)ccn2)nc1. The lowest BCUT2D eigenvalue weighted by Gasteiger charge is -2.12. The molecule has 0 radical (unpaired) electrons. The lowest BCUT2D eigenvalue weighted by atomic mass is 10.0. The molecule has 0 fully saturated rings. The summed E-state index contributed by atoms with van der Waals surface area (Å²) in [5.74, 6) is 0. The Hall–Kier alpha value is -6.70. The first-order chi connectivity index (χ1) is 23.5. The van der Waals surface area contributed by atoms with Gasteiger partial charge in [-0.15, -0.1) is 0 Å². The molecular formula is C41H35N7. The van der Waals surface area contributed by atoms with Crippen molar-refractivity contribution < 1.29 is 0 Å². The minimum absolute atomic E-state index is 0.537. The lowest BCUT2D eigenvalue weighted by molar-refractivity contribution is 1.05. The molecule has 0 aliphatic heterocycles. The molecule has 0 saturated heterocycles. The zero-order valence-corrected chi connectivity index (χ0v) is 26.7. The molecule has 0 aliphatic rings. The Morgan fingerprint density at radius 2 is 1.71 bits per heavy atom. The molecule has 0 aliphatic carbocycles. The number of benzene rings is 2. The van der Waals surface area contributed by atoms with Gasteiger partial charge in [0.2, 0.25) is 0 Å². The second-order valence-electron chi connectivity index (χ2n) is 10.9. The third-order valence-electron chi connectivity index (χ3n) is 7.96. The molecule has 5 rings (SSSR count). The van der Waals surface area contributed by atoms with Gasteiger partial charge < -0.3 is 16.0 Å². The minimum Gasteiger partial charge on any atom is -0.405 e. The Bertz CT molecular complexity index is 2180. The number of hydrogen-bond acceptors (Lipinski definition) is 6. The van der Waals surface area contributed by atoms with Crippen molar-refractivity contribution in [2.75, 3.05) is 0 Å². The third kappa shape index (κ3) is 7.23. The van der Waals surface area contributed by atoms with E-state index in [1.165, 1.54) is 6.20 Å². The maximum atomic E-state index is 9.28. The van der Waals surface area contributed by atoms with Crippen LogP contribution in [0.2, 0.25) is 0 Å². The Kier molecular flexibility index (Phi) is 10.6. The Morgan fingerprint density at radius 1 is 0.896 bits per heavy atom. The van der Waals surface area contributed by atoms with E-state index in [0.29, 0.717) is 28.9 Å².